The number of nitrogens with one attached hydrogen (secondary N) is 1. The van der Waals surface area contributed by atoms with E-state index in [1.165, 1.54) is 14.2 Å². The number of carbonyl (C=O) groups excluding carboxylic acids is 1. The minimum absolute atomic E-state index is 0.246. The lowest BCUT2D eigenvalue weighted by Crippen LogP contribution is -2.19. The average Bonchev–Trinajstić information content (AvgIpc) is 3.14. The van der Waals surface area contributed by atoms with Crippen LogP contribution in [0.2, 0.25) is 5.02 Å². The molecule has 0 unspecified atom stereocenters. The number of aryl methyl sites for hydroxylation is 1. The lowest BCUT2D eigenvalue weighted by molar-refractivity contribution is 0.101. The van der Waals surface area contributed by atoms with E-state index in [1.54, 1.807) is 16.8 Å². The van der Waals surface area contributed by atoms with Gasteiger partial charge in [0.15, 0.2) is 0 Å². The molecular formula is C22H22ClN3O3. The number of para-hydroxylation sites is 1. The highest BCUT2D eigenvalue weighted by atomic mass is 35.5. The number of aromatic nitrogens is 2. The van der Waals surface area contributed by atoms with E-state index < -0.39 is 0 Å². The maximum Gasteiger partial charge on any atom is 0.274 e. The van der Waals surface area contributed by atoms with Crippen LogP contribution in [0.1, 0.15) is 34.6 Å². The van der Waals surface area contributed by atoms with Gasteiger partial charge in [-0.25, -0.2) is 4.68 Å². The number of hydrogen-bond acceptors (Lipinski definition) is 4. The van der Waals surface area contributed by atoms with Crippen molar-refractivity contribution in [1.29, 1.82) is 0 Å². The van der Waals surface area contributed by atoms with Crippen LogP contribution in [0, 0.1) is 0 Å². The normalized spacial score (nSPS) is 12.9. The van der Waals surface area contributed by atoms with Crippen molar-refractivity contribution in [2.24, 2.45) is 0 Å². The van der Waals surface area contributed by atoms with Crippen molar-refractivity contribution in [2.45, 2.75) is 25.7 Å². The lowest BCUT2D eigenvalue weighted by atomic mass is 9.95. The van der Waals surface area contributed by atoms with Crippen LogP contribution in [0.5, 0.6) is 11.5 Å². The summed E-state index contributed by atoms with van der Waals surface area (Å²) in [5.41, 5.74) is 3.89. The Bertz CT molecular complexity index is 1050. The second-order valence-corrected chi connectivity index (χ2v) is 7.28. The van der Waals surface area contributed by atoms with Gasteiger partial charge >= 0.3 is 0 Å². The van der Waals surface area contributed by atoms with Crippen LogP contribution < -0.4 is 14.8 Å². The molecule has 0 saturated heterocycles. The van der Waals surface area contributed by atoms with Crippen LogP contribution in [0.4, 0.5) is 5.69 Å². The quantitative estimate of drug-likeness (QED) is 0.662. The van der Waals surface area contributed by atoms with Gasteiger partial charge in [-0.2, -0.15) is 5.10 Å². The summed E-state index contributed by atoms with van der Waals surface area (Å²) in [7, 11) is 3.07. The number of fused-ring (bicyclic) bond motifs is 1. The predicted octanol–water partition coefficient (Wildman–Crippen LogP) is 4.67. The maximum absolute atomic E-state index is 13.4. The molecule has 1 aliphatic rings. The topological polar surface area (TPSA) is 65.4 Å². The summed E-state index contributed by atoms with van der Waals surface area (Å²) in [5.74, 6) is 0.705. The first kappa shape index (κ1) is 19.3. The van der Waals surface area contributed by atoms with Crippen molar-refractivity contribution in [3.05, 3.63) is 64.4 Å². The van der Waals surface area contributed by atoms with Gasteiger partial charge < -0.3 is 14.8 Å². The summed E-state index contributed by atoms with van der Waals surface area (Å²) in [4.78, 5) is 13.4. The van der Waals surface area contributed by atoms with Crippen LogP contribution in [0.3, 0.4) is 0 Å². The van der Waals surface area contributed by atoms with Crippen molar-refractivity contribution >= 4 is 23.2 Å². The summed E-state index contributed by atoms with van der Waals surface area (Å²) in [6.45, 7) is 0. The number of halogens is 1. The van der Waals surface area contributed by atoms with Gasteiger partial charge in [-0.3, -0.25) is 4.79 Å². The van der Waals surface area contributed by atoms with Crippen LogP contribution in [-0.4, -0.2) is 29.9 Å². The van der Waals surface area contributed by atoms with E-state index in [2.05, 4.69) is 5.32 Å². The average molecular weight is 412 g/mol. The molecule has 3 aromatic rings. The standard InChI is InChI=1S/C22H22ClN3O3/c1-28-19-13-20(29-2)18(12-16(19)23)24-22(27)21-15-10-6-7-11-17(15)25-26(21)14-8-4-3-5-9-14/h3-5,8-9,12-13H,6-7,10-11H2,1-2H3,(H,24,27). The molecule has 1 amide bonds. The van der Waals surface area contributed by atoms with E-state index in [1.807, 2.05) is 30.3 Å². The minimum atomic E-state index is -0.246. The van der Waals surface area contributed by atoms with Crippen LogP contribution in [0.15, 0.2) is 42.5 Å². The van der Waals surface area contributed by atoms with Gasteiger partial charge in [0, 0.05) is 11.6 Å². The highest BCUT2D eigenvalue weighted by Gasteiger charge is 2.27. The van der Waals surface area contributed by atoms with E-state index in [0.717, 1.165) is 42.6 Å². The lowest BCUT2D eigenvalue weighted by Gasteiger charge is -2.15. The molecule has 1 aromatic heterocycles. The molecule has 7 heteroatoms. The van der Waals surface area contributed by atoms with Gasteiger partial charge in [-0.05, 0) is 43.9 Å². The molecule has 0 spiro atoms. The van der Waals surface area contributed by atoms with Crippen molar-refractivity contribution in [3.8, 4) is 17.2 Å². The second-order valence-electron chi connectivity index (χ2n) is 6.87. The molecule has 2 aromatic carbocycles. The zero-order valence-electron chi connectivity index (χ0n) is 16.4. The third-order valence-corrected chi connectivity index (χ3v) is 5.39. The monoisotopic (exact) mass is 411 g/mol. The summed E-state index contributed by atoms with van der Waals surface area (Å²) in [6.07, 6.45) is 3.85. The molecule has 0 fully saturated rings. The summed E-state index contributed by atoms with van der Waals surface area (Å²) in [6, 6.07) is 13.0. The number of benzene rings is 2. The third kappa shape index (κ3) is 3.68. The van der Waals surface area contributed by atoms with Gasteiger partial charge in [0.05, 0.1) is 36.3 Å². The molecule has 0 aliphatic heterocycles. The van der Waals surface area contributed by atoms with Gasteiger partial charge in [0.25, 0.3) is 5.91 Å². The molecule has 150 valence electrons. The Hall–Kier alpha value is -2.99. The van der Waals surface area contributed by atoms with Crippen LogP contribution in [-0.2, 0) is 12.8 Å². The zero-order valence-corrected chi connectivity index (χ0v) is 17.1. The fraction of sp³-hybridized carbons (Fsp3) is 0.273. The number of anilines is 1. The Kier molecular flexibility index (Phi) is 5.45. The Morgan fingerprint density at radius 1 is 1.07 bits per heavy atom. The van der Waals surface area contributed by atoms with Crippen LogP contribution >= 0.6 is 11.6 Å². The highest BCUT2D eigenvalue weighted by Crippen LogP contribution is 2.36. The number of carbonyl (C=O) groups is 1. The molecule has 1 aliphatic carbocycles. The number of rotatable bonds is 5. The third-order valence-electron chi connectivity index (χ3n) is 5.10. The number of nitrogens with zero attached hydrogens (tertiary/aromatic N) is 2. The van der Waals surface area contributed by atoms with Gasteiger partial charge in [0.2, 0.25) is 0 Å². The summed E-state index contributed by atoms with van der Waals surface area (Å²) < 4.78 is 12.4. The van der Waals surface area contributed by atoms with Gasteiger partial charge in [-0.15, -0.1) is 0 Å². The Labute approximate surface area is 174 Å². The largest absolute Gasteiger partial charge is 0.495 e. The smallest absolute Gasteiger partial charge is 0.274 e. The van der Waals surface area contributed by atoms with E-state index in [9.17, 15) is 4.79 Å². The molecule has 0 bridgehead atoms. The SMILES string of the molecule is COc1cc(OC)c(NC(=O)c2c3c(nn2-c2ccccc2)CCCC3)cc1Cl. The van der Waals surface area contributed by atoms with Gasteiger partial charge in [0.1, 0.15) is 17.2 Å². The molecule has 1 N–H and O–H groups in total. The van der Waals surface area contributed by atoms with E-state index in [-0.39, 0.29) is 5.91 Å². The Balaban J connectivity index is 1.76. The first-order valence-corrected chi connectivity index (χ1v) is 9.89. The highest BCUT2D eigenvalue weighted by molar-refractivity contribution is 6.32. The first-order chi connectivity index (χ1) is 14.1. The fourth-order valence-corrected chi connectivity index (χ4v) is 3.92. The predicted molar refractivity (Wildman–Crippen MR) is 113 cm³/mol. The first-order valence-electron chi connectivity index (χ1n) is 9.51. The molecule has 1 heterocycles. The molecule has 0 saturated carbocycles. The van der Waals surface area contributed by atoms with E-state index in [4.69, 9.17) is 26.2 Å². The van der Waals surface area contributed by atoms with Crippen molar-refractivity contribution < 1.29 is 14.3 Å². The van der Waals surface area contributed by atoms with Crippen LogP contribution in [0.25, 0.3) is 5.69 Å². The fourth-order valence-electron chi connectivity index (χ4n) is 3.68. The molecule has 4 rings (SSSR count). The Morgan fingerprint density at radius 2 is 1.79 bits per heavy atom. The van der Waals surface area contributed by atoms with Crippen molar-refractivity contribution in [2.75, 3.05) is 19.5 Å². The second kappa shape index (κ2) is 8.17. The number of ether oxygens (including phenoxy) is 2. The summed E-state index contributed by atoms with van der Waals surface area (Å²) >= 11 is 6.26. The van der Waals surface area contributed by atoms with E-state index >= 15 is 0 Å². The number of methoxy groups -OCH3 is 2. The number of amides is 1. The van der Waals surface area contributed by atoms with Crippen molar-refractivity contribution in [1.82, 2.24) is 9.78 Å². The molecular weight excluding hydrogens is 390 g/mol. The molecule has 6 nitrogen and oxygen atoms in total. The van der Waals surface area contributed by atoms with E-state index in [0.29, 0.717) is 27.9 Å². The molecule has 29 heavy (non-hydrogen) atoms. The maximum atomic E-state index is 13.4. The Morgan fingerprint density at radius 3 is 2.52 bits per heavy atom. The molecule has 0 radical (unpaired) electrons. The zero-order chi connectivity index (χ0) is 20.4. The van der Waals surface area contributed by atoms with Gasteiger partial charge in [-0.1, -0.05) is 29.8 Å². The summed E-state index contributed by atoms with van der Waals surface area (Å²) in [5, 5.41) is 8.09. The number of hydrogen-bond donors (Lipinski definition) is 1. The minimum Gasteiger partial charge on any atom is -0.495 e. The van der Waals surface area contributed by atoms with Crippen molar-refractivity contribution in [3.63, 3.8) is 0 Å². The molecule has 0 atom stereocenters.